The standard InChI is InChI=1S/C55H58N3O4S/c1-9-57-51(61)48(52(62)58(10-2)53(57)63)47-35(25-29-42-34(3)41-28-24-39(32-43(41)54(42,4)5)49(59)37-18-13-11-14-19-37)22-17-23-36(47)27-31-46-55(6,7)44-33-40(26-30-45(44)56(46)8)50(60)38-20-15-12-16-21-38/h11-16,18-21,24-34,48,51,61H,9-10,17,22-23H2,1-8H3/q+1. The van der Waals surface area contributed by atoms with Crippen LogP contribution in [0, 0.1) is 5.92 Å². The molecule has 0 saturated carbocycles. The van der Waals surface area contributed by atoms with Crippen LogP contribution in [0.5, 0.6) is 0 Å². The minimum absolute atomic E-state index is 0.00765. The third-order valence-corrected chi connectivity index (χ3v) is 14.6. The van der Waals surface area contributed by atoms with Gasteiger partial charge in [-0.2, -0.15) is 4.58 Å². The lowest BCUT2D eigenvalue weighted by atomic mass is 9.76. The third kappa shape index (κ3) is 7.51. The fourth-order valence-electron chi connectivity index (χ4n) is 10.6. The van der Waals surface area contributed by atoms with Crippen molar-refractivity contribution in [3.8, 4) is 0 Å². The molecule has 1 N–H and O–H groups in total. The van der Waals surface area contributed by atoms with Crippen molar-refractivity contribution >= 4 is 46.2 Å². The Hall–Kier alpha value is -5.83. The molecule has 7 nitrogen and oxygen atoms in total. The average molecular weight is 857 g/mol. The Bertz CT molecular complexity index is 2700. The highest BCUT2D eigenvalue weighted by Gasteiger charge is 2.47. The van der Waals surface area contributed by atoms with Gasteiger partial charge in [0.15, 0.2) is 22.4 Å². The molecule has 4 aliphatic rings. The highest BCUT2D eigenvalue weighted by atomic mass is 32.1. The number of carbonyl (C=O) groups is 3. The fraction of sp³-hybridized carbons (Fsp3) is 0.327. The number of thiocarbonyl (C=S) groups is 1. The molecule has 3 atom stereocenters. The number of hydrogen-bond acceptors (Lipinski definition) is 5. The van der Waals surface area contributed by atoms with Gasteiger partial charge in [0.05, 0.1) is 5.41 Å². The molecule has 1 fully saturated rings. The van der Waals surface area contributed by atoms with E-state index in [1.165, 1.54) is 11.1 Å². The van der Waals surface area contributed by atoms with Crippen LogP contribution in [0.1, 0.15) is 122 Å². The maximum atomic E-state index is 14.6. The predicted molar refractivity (Wildman–Crippen MR) is 256 cm³/mol. The molecule has 8 rings (SSSR count). The SMILES string of the molecule is CCN1C(=O)C(C2=C(C=CC3=[N+](C)c4ccc(C(=O)c5ccccc5)cc4C3(C)C)CCCC2=CC=C2C(C)c3ccc(C(=O)c4ccccc4)cc3C2(C)C)C(O)N(CC)C1=S. The first-order valence-corrected chi connectivity index (χ1v) is 22.7. The van der Waals surface area contributed by atoms with Crippen molar-refractivity contribution in [3.05, 3.63) is 183 Å². The van der Waals surface area contributed by atoms with Crippen molar-refractivity contribution in [2.24, 2.45) is 5.92 Å². The Labute approximate surface area is 377 Å². The van der Waals surface area contributed by atoms with E-state index in [4.69, 9.17) is 12.2 Å². The van der Waals surface area contributed by atoms with Crippen molar-refractivity contribution in [2.45, 2.75) is 90.7 Å². The quantitative estimate of drug-likeness (QED) is 0.0972. The van der Waals surface area contributed by atoms with Gasteiger partial charge in [0.2, 0.25) is 11.6 Å². The number of benzene rings is 4. The Morgan fingerprint density at radius 3 is 1.98 bits per heavy atom. The lowest BCUT2D eigenvalue weighted by Crippen LogP contribution is -2.62. The van der Waals surface area contributed by atoms with Crippen LogP contribution in [-0.4, -0.2) is 74.1 Å². The second-order valence-corrected chi connectivity index (χ2v) is 18.7. The number of allylic oxidation sites excluding steroid dienone is 7. The molecule has 4 aromatic carbocycles. The van der Waals surface area contributed by atoms with E-state index in [1.54, 1.807) is 9.80 Å². The van der Waals surface area contributed by atoms with Crippen molar-refractivity contribution in [2.75, 3.05) is 20.1 Å². The highest BCUT2D eigenvalue weighted by Crippen LogP contribution is 2.51. The molecule has 0 aromatic heterocycles. The van der Waals surface area contributed by atoms with Crippen LogP contribution in [0.15, 0.2) is 144 Å². The van der Waals surface area contributed by atoms with Crippen molar-refractivity contribution in [1.82, 2.24) is 9.80 Å². The van der Waals surface area contributed by atoms with Gasteiger partial charge in [0.1, 0.15) is 19.2 Å². The zero-order valence-corrected chi connectivity index (χ0v) is 38.6. The topological polar surface area (TPSA) is 80.9 Å². The van der Waals surface area contributed by atoms with Crippen LogP contribution in [0.2, 0.25) is 0 Å². The molecule has 2 aliphatic heterocycles. The number of nitrogens with zero attached hydrogens (tertiary/aromatic N) is 3. The maximum absolute atomic E-state index is 14.6. The number of rotatable bonds is 10. The number of carbonyl (C=O) groups excluding carboxylic acids is 3. The summed E-state index contributed by atoms with van der Waals surface area (Å²) >= 11 is 5.78. The van der Waals surface area contributed by atoms with Gasteiger partial charge in [-0.1, -0.05) is 117 Å². The van der Waals surface area contributed by atoms with Gasteiger partial charge in [0, 0.05) is 64.4 Å². The number of hydrogen-bond donors (Lipinski definition) is 1. The van der Waals surface area contributed by atoms with Crippen LogP contribution < -0.4 is 0 Å². The molecule has 1 saturated heterocycles. The van der Waals surface area contributed by atoms with Gasteiger partial charge in [-0.25, -0.2) is 0 Å². The highest BCUT2D eigenvalue weighted by molar-refractivity contribution is 7.80. The monoisotopic (exact) mass is 856 g/mol. The van der Waals surface area contributed by atoms with Crippen molar-refractivity contribution < 1.29 is 24.1 Å². The predicted octanol–water partition coefficient (Wildman–Crippen LogP) is 10.5. The molecule has 63 heavy (non-hydrogen) atoms. The summed E-state index contributed by atoms with van der Waals surface area (Å²) in [5.41, 5.74) is 11.5. The number of fused-ring (bicyclic) bond motifs is 2. The first kappa shape index (κ1) is 43.8. The van der Waals surface area contributed by atoms with Crippen LogP contribution in [-0.2, 0) is 15.6 Å². The Morgan fingerprint density at radius 2 is 1.38 bits per heavy atom. The fourth-order valence-corrected chi connectivity index (χ4v) is 11.1. The Kier molecular flexibility index (Phi) is 11.8. The first-order valence-electron chi connectivity index (χ1n) is 22.3. The van der Waals surface area contributed by atoms with Gasteiger partial charge in [-0.05, 0) is 105 Å². The van der Waals surface area contributed by atoms with Gasteiger partial charge < -0.3 is 10.0 Å². The Morgan fingerprint density at radius 1 is 0.778 bits per heavy atom. The van der Waals surface area contributed by atoms with Crippen molar-refractivity contribution in [3.63, 3.8) is 0 Å². The van der Waals surface area contributed by atoms with Gasteiger partial charge in [0.25, 0.3) is 0 Å². The second kappa shape index (κ2) is 17.0. The number of aliphatic hydroxyl groups is 1. The number of ketones is 2. The van der Waals surface area contributed by atoms with Crippen LogP contribution in [0.4, 0.5) is 5.69 Å². The third-order valence-electron chi connectivity index (χ3n) is 14.1. The normalized spacial score (nSPS) is 23.0. The summed E-state index contributed by atoms with van der Waals surface area (Å²) in [4.78, 5) is 45.1. The summed E-state index contributed by atoms with van der Waals surface area (Å²) < 4.78 is 2.20. The summed E-state index contributed by atoms with van der Waals surface area (Å²) in [6, 6.07) is 30.9. The molecular formula is C55H58N3O4S+. The zero-order valence-electron chi connectivity index (χ0n) is 37.7. The molecule has 8 heteroatoms. The molecule has 2 aliphatic carbocycles. The molecule has 1 amide bonds. The van der Waals surface area contributed by atoms with E-state index in [9.17, 15) is 19.5 Å². The molecule has 4 aromatic rings. The molecule has 322 valence electrons. The minimum Gasteiger partial charge on any atom is -0.372 e. The smallest absolute Gasteiger partial charge is 0.240 e. The molecule has 0 radical (unpaired) electrons. The second-order valence-electron chi connectivity index (χ2n) is 18.3. The lowest BCUT2D eigenvalue weighted by molar-refractivity contribution is -0.401. The minimum atomic E-state index is -1.12. The molecular weight excluding hydrogens is 799 g/mol. The lowest BCUT2D eigenvalue weighted by Gasteiger charge is -2.45. The van der Waals surface area contributed by atoms with E-state index in [0.717, 1.165) is 58.5 Å². The van der Waals surface area contributed by atoms with E-state index in [0.29, 0.717) is 40.5 Å². The van der Waals surface area contributed by atoms with Crippen molar-refractivity contribution in [1.29, 1.82) is 0 Å². The van der Waals surface area contributed by atoms with Gasteiger partial charge in [-0.3, -0.25) is 19.3 Å². The molecule has 3 unspecified atom stereocenters. The van der Waals surface area contributed by atoms with E-state index < -0.39 is 17.6 Å². The zero-order chi connectivity index (χ0) is 45.0. The summed E-state index contributed by atoms with van der Waals surface area (Å²) in [6.45, 7) is 15.8. The van der Waals surface area contributed by atoms with E-state index in [2.05, 4.69) is 82.7 Å². The molecule has 2 heterocycles. The van der Waals surface area contributed by atoms with Crippen LogP contribution in [0.25, 0.3) is 0 Å². The largest absolute Gasteiger partial charge is 0.372 e. The summed E-state index contributed by atoms with van der Waals surface area (Å²) in [5.74, 6) is -0.926. The van der Waals surface area contributed by atoms with E-state index in [1.807, 2.05) is 98.8 Å². The number of aliphatic hydroxyl groups excluding tert-OH is 1. The first-order chi connectivity index (χ1) is 30.1. The summed E-state index contributed by atoms with van der Waals surface area (Å²) in [6.07, 6.45) is 10.0. The average Bonchev–Trinajstić information content (AvgIpc) is 3.60. The van der Waals surface area contributed by atoms with Gasteiger partial charge in [-0.15, -0.1) is 0 Å². The Balaban J connectivity index is 1.20. The van der Waals surface area contributed by atoms with Crippen LogP contribution >= 0.6 is 12.2 Å². The molecule has 0 spiro atoms. The number of amides is 1. The van der Waals surface area contributed by atoms with E-state index >= 15 is 0 Å². The maximum Gasteiger partial charge on any atom is 0.240 e. The summed E-state index contributed by atoms with van der Waals surface area (Å²) in [7, 11) is 2.07. The molecule has 0 bridgehead atoms. The van der Waals surface area contributed by atoms with Gasteiger partial charge >= 0.3 is 0 Å². The van der Waals surface area contributed by atoms with E-state index in [-0.39, 0.29) is 28.8 Å². The van der Waals surface area contributed by atoms with Crippen LogP contribution in [0.3, 0.4) is 0 Å². The summed E-state index contributed by atoms with van der Waals surface area (Å²) in [5, 5.41) is 12.5.